The lowest BCUT2D eigenvalue weighted by Gasteiger charge is -2.36. The number of nitrogens with zero attached hydrogens (tertiary/aromatic N) is 1. The van der Waals surface area contributed by atoms with Crippen LogP contribution in [-0.4, -0.2) is 58.3 Å². The Hall–Kier alpha value is -2.45. The molecule has 286 valence electrons. The van der Waals surface area contributed by atoms with Crippen molar-refractivity contribution >= 4 is 49.1 Å². The number of hydrogen-bond acceptors (Lipinski definition) is 11. The summed E-state index contributed by atoms with van der Waals surface area (Å²) in [4.78, 5) is 45.7. The van der Waals surface area contributed by atoms with Crippen LogP contribution in [0.2, 0.25) is 0 Å². The summed E-state index contributed by atoms with van der Waals surface area (Å²) in [6.45, 7) is 21.6. The molecule has 0 aliphatic heterocycles. The summed E-state index contributed by atoms with van der Waals surface area (Å²) in [5.41, 5.74) is -0.319. The molecule has 3 fully saturated rings. The van der Waals surface area contributed by atoms with E-state index in [2.05, 4.69) is 45.3 Å². The predicted octanol–water partition coefficient (Wildman–Crippen LogP) is 9.09. The number of carbonyl (C=O) groups is 4. The van der Waals surface area contributed by atoms with Gasteiger partial charge in [0.25, 0.3) is 0 Å². The molecule has 0 amide bonds. The highest BCUT2D eigenvalue weighted by molar-refractivity contribution is 7.80. The fourth-order valence-corrected chi connectivity index (χ4v) is 6.55. The van der Waals surface area contributed by atoms with Crippen LogP contribution in [0.25, 0.3) is 0 Å². The van der Waals surface area contributed by atoms with Gasteiger partial charge in [0.1, 0.15) is 22.9 Å². The van der Waals surface area contributed by atoms with E-state index < -0.39 is 11.2 Å². The van der Waals surface area contributed by atoms with E-state index in [1.807, 2.05) is 27.7 Å². The van der Waals surface area contributed by atoms with Crippen LogP contribution in [0.3, 0.4) is 0 Å². The summed E-state index contributed by atoms with van der Waals surface area (Å²) in [7, 11) is 0. The van der Waals surface area contributed by atoms with Gasteiger partial charge in [0.15, 0.2) is 0 Å². The van der Waals surface area contributed by atoms with Crippen LogP contribution in [0.15, 0.2) is 24.3 Å². The van der Waals surface area contributed by atoms with Gasteiger partial charge >= 0.3 is 23.9 Å². The van der Waals surface area contributed by atoms with E-state index in [1.54, 1.807) is 19.9 Å². The van der Waals surface area contributed by atoms with Gasteiger partial charge in [0.2, 0.25) is 0 Å². The monoisotopic (exact) mass is 739 g/mol. The van der Waals surface area contributed by atoms with E-state index >= 15 is 0 Å². The molecular formula is C39H65NO8S2. The quantitative estimate of drug-likeness (QED) is 0.0776. The van der Waals surface area contributed by atoms with E-state index in [9.17, 15) is 19.2 Å². The van der Waals surface area contributed by atoms with E-state index in [0.717, 1.165) is 31.6 Å². The van der Waals surface area contributed by atoms with E-state index in [0.29, 0.717) is 54.3 Å². The lowest BCUT2D eigenvalue weighted by atomic mass is 9.82. The molecule has 9 nitrogen and oxygen atoms in total. The van der Waals surface area contributed by atoms with Gasteiger partial charge in [0.05, 0.1) is 18.9 Å². The zero-order valence-corrected chi connectivity index (χ0v) is 33.9. The fourth-order valence-electron chi connectivity index (χ4n) is 6.18. The highest BCUT2D eigenvalue weighted by atomic mass is 32.1. The van der Waals surface area contributed by atoms with Crippen molar-refractivity contribution in [2.45, 2.75) is 168 Å². The molecule has 0 saturated heterocycles. The highest BCUT2D eigenvalue weighted by Gasteiger charge is 2.41. The first-order chi connectivity index (χ1) is 23.3. The van der Waals surface area contributed by atoms with Crippen LogP contribution in [0.5, 0.6) is 0 Å². The Morgan fingerprint density at radius 1 is 0.820 bits per heavy atom. The van der Waals surface area contributed by atoms with Crippen molar-refractivity contribution in [3.63, 3.8) is 0 Å². The lowest BCUT2D eigenvalue weighted by molar-refractivity contribution is -0.163. The van der Waals surface area contributed by atoms with Crippen molar-refractivity contribution in [3.05, 3.63) is 24.3 Å². The largest absolute Gasteiger partial charge is 0.460 e. The Balaban J connectivity index is 0.000000707. The molecule has 0 heterocycles. The number of fused-ring (bicyclic) bond motifs is 2. The van der Waals surface area contributed by atoms with Crippen molar-refractivity contribution in [2.75, 3.05) is 11.5 Å². The molecule has 3 aliphatic carbocycles. The minimum absolute atomic E-state index is 0.186. The number of esters is 4. The Bertz CT molecular complexity index is 1120. The number of thiol groups is 2. The number of hydrogen-bond donors (Lipinski definition) is 2. The molecule has 3 saturated carbocycles. The first kappa shape index (κ1) is 47.5. The van der Waals surface area contributed by atoms with Crippen molar-refractivity contribution in [3.8, 4) is 6.07 Å². The second-order valence-corrected chi connectivity index (χ2v) is 15.7. The van der Waals surface area contributed by atoms with Crippen molar-refractivity contribution in [1.82, 2.24) is 0 Å². The maximum atomic E-state index is 11.5. The highest BCUT2D eigenvalue weighted by Crippen LogP contribution is 2.46. The molecule has 50 heavy (non-hydrogen) atoms. The third kappa shape index (κ3) is 19.8. The Kier molecular flexibility index (Phi) is 22.7. The molecule has 2 bridgehead atoms. The smallest absolute Gasteiger partial charge is 0.333 e. The third-order valence-corrected chi connectivity index (χ3v) is 9.54. The standard InChI is InChI=1S/C14H26O4S2.C12H20O2.C11H16O2.C2H3N/c1-13(2,17-11(15)5-9-19)7-8-14(3,4)18-12(16)6-10-20;1-4-12(8-6-5-7-9-12)14-11(13)10(2)3;1-7(2)11(12)13-10-6-8-3-4-9(10)5-8;1-2-3/h19-20H,5-10H2,1-4H3;2,4-9H2,1,3H3;8-10H,1,3-6H2,2H3;1H3. The van der Waals surface area contributed by atoms with E-state index in [4.69, 9.17) is 24.2 Å². The predicted molar refractivity (Wildman–Crippen MR) is 205 cm³/mol. The second kappa shape index (κ2) is 23.9. The third-order valence-electron chi connectivity index (χ3n) is 9.09. The first-order valence-corrected chi connectivity index (χ1v) is 19.3. The summed E-state index contributed by atoms with van der Waals surface area (Å²) in [6, 6.07) is 1.75. The molecule has 3 unspecified atom stereocenters. The molecule has 0 aromatic carbocycles. The Labute approximate surface area is 313 Å². The van der Waals surface area contributed by atoms with Gasteiger partial charge in [-0.1, -0.05) is 26.5 Å². The van der Waals surface area contributed by atoms with Gasteiger partial charge in [0, 0.05) is 29.6 Å². The minimum atomic E-state index is -0.576. The topological polar surface area (TPSA) is 129 Å². The molecule has 0 spiro atoms. The SMILES string of the molecule is C=C(C)C(=O)OC1(CC)CCCCC1.C=C(C)C(=O)OC1CC2CCC1C2.CC#N.CC(C)(CCC(C)(C)OC(=O)CCS)OC(=O)CCS. The molecule has 0 radical (unpaired) electrons. The van der Waals surface area contributed by atoms with Gasteiger partial charge in [-0.15, -0.1) is 0 Å². The summed E-state index contributed by atoms with van der Waals surface area (Å²) in [5.74, 6) is 1.47. The molecule has 0 aromatic heterocycles. The summed E-state index contributed by atoms with van der Waals surface area (Å²) in [5, 5.41) is 7.32. The Morgan fingerprint density at radius 2 is 1.28 bits per heavy atom. The van der Waals surface area contributed by atoms with Crippen LogP contribution in [0.1, 0.15) is 145 Å². The molecule has 11 heteroatoms. The summed E-state index contributed by atoms with van der Waals surface area (Å²) < 4.78 is 21.7. The summed E-state index contributed by atoms with van der Waals surface area (Å²) in [6.07, 6.45) is 13.6. The molecule has 3 atom stereocenters. The molecular weight excluding hydrogens is 675 g/mol. The Morgan fingerprint density at radius 3 is 1.62 bits per heavy atom. The van der Waals surface area contributed by atoms with Crippen LogP contribution in [-0.2, 0) is 38.1 Å². The average molecular weight is 740 g/mol. The van der Waals surface area contributed by atoms with Gasteiger partial charge in [-0.25, -0.2) is 9.59 Å². The fraction of sp³-hybridized carbons (Fsp3) is 0.769. The van der Waals surface area contributed by atoms with Gasteiger partial charge in [-0.2, -0.15) is 30.5 Å². The first-order valence-electron chi connectivity index (χ1n) is 18.0. The molecule has 3 rings (SSSR count). The van der Waals surface area contributed by atoms with E-state index in [1.165, 1.54) is 45.4 Å². The second-order valence-electron chi connectivity index (χ2n) is 14.8. The number of rotatable bonds is 14. The van der Waals surface area contributed by atoms with Gasteiger partial charge < -0.3 is 18.9 Å². The lowest BCUT2D eigenvalue weighted by Crippen LogP contribution is -2.36. The normalized spacial score (nSPS) is 20.1. The van der Waals surface area contributed by atoms with Crippen LogP contribution < -0.4 is 0 Å². The van der Waals surface area contributed by atoms with Crippen LogP contribution in [0.4, 0.5) is 0 Å². The summed E-state index contributed by atoms with van der Waals surface area (Å²) >= 11 is 8.00. The zero-order valence-electron chi connectivity index (χ0n) is 32.1. The average Bonchev–Trinajstić information content (AvgIpc) is 3.65. The van der Waals surface area contributed by atoms with Gasteiger partial charge in [-0.3, -0.25) is 9.59 Å². The number of nitriles is 1. The number of ether oxygens (including phenoxy) is 4. The molecule has 3 aliphatic rings. The molecule has 0 aromatic rings. The zero-order chi connectivity index (χ0) is 38.5. The maximum Gasteiger partial charge on any atom is 0.333 e. The molecule has 0 N–H and O–H groups in total. The van der Waals surface area contributed by atoms with Crippen molar-refractivity contribution < 1.29 is 38.1 Å². The van der Waals surface area contributed by atoms with Gasteiger partial charge in [-0.05, 0) is 124 Å². The van der Waals surface area contributed by atoms with Crippen LogP contribution in [0, 0.1) is 23.2 Å². The van der Waals surface area contributed by atoms with Crippen LogP contribution >= 0.6 is 25.3 Å². The van der Waals surface area contributed by atoms with Crippen molar-refractivity contribution in [2.24, 2.45) is 11.8 Å². The maximum absolute atomic E-state index is 11.5. The minimum Gasteiger partial charge on any atom is -0.460 e. The van der Waals surface area contributed by atoms with E-state index in [-0.39, 0.29) is 35.6 Å². The van der Waals surface area contributed by atoms with Crippen molar-refractivity contribution in [1.29, 1.82) is 5.26 Å². The number of carbonyl (C=O) groups excluding carboxylic acids is 4.